The second-order valence-corrected chi connectivity index (χ2v) is 3.40. The van der Waals surface area contributed by atoms with Crippen LogP contribution in [0.2, 0.25) is 0 Å². The zero-order valence-corrected chi connectivity index (χ0v) is 9.23. The van der Waals surface area contributed by atoms with Gasteiger partial charge in [0.05, 0.1) is 18.0 Å². The van der Waals surface area contributed by atoms with Crippen molar-refractivity contribution in [2.45, 2.75) is 12.8 Å². The summed E-state index contributed by atoms with van der Waals surface area (Å²) < 4.78 is 5.13. The van der Waals surface area contributed by atoms with Crippen molar-refractivity contribution in [1.29, 1.82) is 0 Å². The van der Waals surface area contributed by atoms with E-state index in [1.165, 1.54) is 6.08 Å². The van der Waals surface area contributed by atoms with Crippen LogP contribution in [0.15, 0.2) is 22.8 Å². The van der Waals surface area contributed by atoms with Gasteiger partial charge in [-0.25, -0.2) is 0 Å². The number of allylic oxidation sites excluding steroid dienone is 2. The van der Waals surface area contributed by atoms with Gasteiger partial charge in [-0.2, -0.15) is 0 Å². The van der Waals surface area contributed by atoms with Crippen molar-refractivity contribution in [3.05, 3.63) is 29.7 Å². The number of alkyl halides is 2. The van der Waals surface area contributed by atoms with Crippen molar-refractivity contribution in [3.8, 4) is 0 Å². The summed E-state index contributed by atoms with van der Waals surface area (Å²) in [4.78, 5) is 11.0. The summed E-state index contributed by atoms with van der Waals surface area (Å²) >= 11 is 11.0. The Hall–Kier alpha value is -0.730. The monoisotopic (exact) mass is 232 g/mol. The molecule has 1 heterocycles. The van der Waals surface area contributed by atoms with Crippen LogP contribution in [0.5, 0.6) is 0 Å². The van der Waals surface area contributed by atoms with Crippen LogP contribution in [0, 0.1) is 0 Å². The molecule has 0 spiro atoms. The van der Waals surface area contributed by atoms with E-state index < -0.39 is 0 Å². The number of carbonyl (C=O) groups excluding carboxylic acids is 1. The number of hydrogen-bond acceptors (Lipinski definition) is 2. The molecule has 0 amide bonds. The van der Waals surface area contributed by atoms with E-state index in [1.807, 2.05) is 6.92 Å². The zero-order chi connectivity index (χ0) is 10.6. The third-order valence-corrected chi connectivity index (χ3v) is 2.28. The van der Waals surface area contributed by atoms with Crippen molar-refractivity contribution in [2.75, 3.05) is 5.88 Å². The molecular weight excluding hydrogens is 223 g/mol. The highest BCUT2D eigenvalue weighted by molar-refractivity contribution is 6.30. The molecule has 0 bridgehead atoms. The predicted molar refractivity (Wildman–Crippen MR) is 57.6 cm³/mol. The first-order chi connectivity index (χ1) is 6.67. The van der Waals surface area contributed by atoms with E-state index in [-0.39, 0.29) is 11.7 Å². The number of rotatable bonds is 4. The van der Waals surface area contributed by atoms with Crippen LogP contribution in [-0.4, -0.2) is 11.7 Å². The first kappa shape index (κ1) is 11.3. The van der Waals surface area contributed by atoms with E-state index in [1.54, 1.807) is 12.3 Å². The summed E-state index contributed by atoms with van der Waals surface area (Å²) in [6.07, 6.45) is 3.07. The average Bonchev–Trinajstić information content (AvgIpc) is 2.65. The summed E-state index contributed by atoms with van der Waals surface area (Å²) in [6.45, 7) is 1.83. The molecule has 0 unspecified atom stereocenters. The Labute approximate surface area is 92.5 Å². The zero-order valence-electron chi connectivity index (χ0n) is 7.72. The predicted octanol–water partition coefficient (Wildman–Crippen LogP) is 3.23. The van der Waals surface area contributed by atoms with E-state index in [2.05, 4.69) is 0 Å². The summed E-state index contributed by atoms with van der Waals surface area (Å²) in [5, 5.41) is 0. The molecule has 1 rings (SSSR count). The Kier molecular flexibility index (Phi) is 4.23. The second kappa shape index (κ2) is 5.23. The molecule has 0 aliphatic heterocycles. The van der Waals surface area contributed by atoms with Gasteiger partial charge in [0.25, 0.3) is 0 Å². The lowest BCUT2D eigenvalue weighted by Crippen LogP contribution is -1.93. The number of ketones is 1. The van der Waals surface area contributed by atoms with Crippen LogP contribution in [-0.2, 0) is 10.7 Å². The Morgan fingerprint density at radius 1 is 1.57 bits per heavy atom. The molecule has 0 N–H and O–H groups in total. The quantitative estimate of drug-likeness (QED) is 0.590. The van der Waals surface area contributed by atoms with Gasteiger partial charge >= 0.3 is 0 Å². The van der Waals surface area contributed by atoms with Crippen LogP contribution in [0.3, 0.4) is 0 Å². The number of carbonyl (C=O) groups is 1. The Bertz CT molecular complexity index is 353. The number of hydrogen-bond donors (Lipinski definition) is 0. The molecular formula is C10H10Cl2O2. The van der Waals surface area contributed by atoms with Gasteiger partial charge < -0.3 is 4.42 Å². The molecule has 0 radical (unpaired) electrons. The van der Waals surface area contributed by atoms with Gasteiger partial charge in [0, 0.05) is 5.56 Å². The fraction of sp³-hybridized carbons (Fsp3) is 0.300. The van der Waals surface area contributed by atoms with Crippen LogP contribution in [0.25, 0.3) is 5.57 Å². The highest BCUT2D eigenvalue weighted by atomic mass is 35.5. The van der Waals surface area contributed by atoms with E-state index in [0.717, 1.165) is 11.1 Å². The van der Waals surface area contributed by atoms with Gasteiger partial charge in [-0.05, 0) is 24.6 Å². The van der Waals surface area contributed by atoms with E-state index in [9.17, 15) is 4.79 Å². The topological polar surface area (TPSA) is 30.2 Å². The summed E-state index contributed by atoms with van der Waals surface area (Å²) in [6, 6.07) is 1.81. The molecule has 0 atom stereocenters. The third-order valence-electron chi connectivity index (χ3n) is 1.75. The maximum absolute atomic E-state index is 11.0. The van der Waals surface area contributed by atoms with Crippen molar-refractivity contribution in [3.63, 3.8) is 0 Å². The lowest BCUT2D eigenvalue weighted by Gasteiger charge is -1.93. The molecule has 1 aromatic heterocycles. The van der Waals surface area contributed by atoms with Gasteiger partial charge in [-0.1, -0.05) is 0 Å². The van der Waals surface area contributed by atoms with E-state index in [0.29, 0.717) is 11.6 Å². The lowest BCUT2D eigenvalue weighted by molar-refractivity contribution is -0.112. The fourth-order valence-corrected chi connectivity index (χ4v) is 1.24. The average molecular weight is 233 g/mol. The lowest BCUT2D eigenvalue weighted by atomic mass is 10.1. The molecule has 0 saturated heterocycles. The van der Waals surface area contributed by atoms with Gasteiger partial charge in [0.1, 0.15) is 5.76 Å². The van der Waals surface area contributed by atoms with Crippen molar-refractivity contribution >= 4 is 34.6 Å². The molecule has 0 aliphatic rings. The third kappa shape index (κ3) is 2.89. The minimum Gasteiger partial charge on any atom is -0.467 e. The molecule has 0 aliphatic carbocycles. The fourth-order valence-electron chi connectivity index (χ4n) is 1.02. The standard InChI is InChI=1S/C10H10Cl2O2/c1-7(2-9(13)4-11)8-3-10(5-12)14-6-8/h2-3,6H,4-5H2,1H3/b7-2+. The van der Waals surface area contributed by atoms with Gasteiger partial charge in [0.15, 0.2) is 5.78 Å². The molecule has 14 heavy (non-hydrogen) atoms. The smallest absolute Gasteiger partial charge is 0.170 e. The molecule has 76 valence electrons. The van der Waals surface area contributed by atoms with Gasteiger partial charge in [-0.3, -0.25) is 4.79 Å². The van der Waals surface area contributed by atoms with E-state index in [4.69, 9.17) is 27.6 Å². The second-order valence-electron chi connectivity index (χ2n) is 2.86. The minimum atomic E-state index is -0.113. The SMILES string of the molecule is C/C(=C\C(=O)CCl)c1coc(CCl)c1. The maximum atomic E-state index is 11.0. The van der Waals surface area contributed by atoms with Crippen LogP contribution in [0.1, 0.15) is 18.2 Å². The minimum absolute atomic E-state index is 0.00243. The summed E-state index contributed by atoms with van der Waals surface area (Å²) in [5.74, 6) is 0.902. The number of halogens is 2. The molecule has 4 heteroatoms. The number of furan rings is 1. The largest absolute Gasteiger partial charge is 0.467 e. The first-order valence-electron chi connectivity index (χ1n) is 4.08. The van der Waals surface area contributed by atoms with Crippen molar-refractivity contribution < 1.29 is 9.21 Å². The van der Waals surface area contributed by atoms with E-state index >= 15 is 0 Å². The molecule has 2 nitrogen and oxygen atoms in total. The Morgan fingerprint density at radius 3 is 2.79 bits per heavy atom. The molecule has 0 saturated carbocycles. The maximum Gasteiger partial charge on any atom is 0.170 e. The normalized spacial score (nSPS) is 11.8. The Morgan fingerprint density at radius 2 is 2.29 bits per heavy atom. The van der Waals surface area contributed by atoms with Crippen molar-refractivity contribution in [1.82, 2.24) is 0 Å². The summed E-state index contributed by atoms with van der Waals surface area (Å²) in [7, 11) is 0. The molecule has 1 aromatic rings. The molecule has 0 aromatic carbocycles. The van der Waals surface area contributed by atoms with Crippen LogP contribution in [0.4, 0.5) is 0 Å². The van der Waals surface area contributed by atoms with Crippen molar-refractivity contribution in [2.24, 2.45) is 0 Å². The highest BCUT2D eigenvalue weighted by Gasteiger charge is 2.03. The summed E-state index contributed by atoms with van der Waals surface area (Å²) in [5.41, 5.74) is 1.69. The van der Waals surface area contributed by atoms with Crippen LogP contribution < -0.4 is 0 Å². The highest BCUT2D eigenvalue weighted by Crippen LogP contribution is 2.18. The Balaban J connectivity index is 2.83. The van der Waals surface area contributed by atoms with Gasteiger partial charge in [-0.15, -0.1) is 23.2 Å². The molecule has 0 fully saturated rings. The van der Waals surface area contributed by atoms with Gasteiger partial charge in [0.2, 0.25) is 0 Å². The van der Waals surface area contributed by atoms with Crippen LogP contribution >= 0.6 is 23.2 Å². The first-order valence-corrected chi connectivity index (χ1v) is 5.15.